The predicted molar refractivity (Wildman–Crippen MR) is 50.1 cm³/mol. The average molecular weight is 212 g/mol. The summed E-state index contributed by atoms with van der Waals surface area (Å²) in [7, 11) is 0. The summed E-state index contributed by atoms with van der Waals surface area (Å²) in [5.74, 6) is -0.0363. The van der Waals surface area contributed by atoms with Crippen molar-refractivity contribution in [1.82, 2.24) is 0 Å². The minimum absolute atomic E-state index is 0.0975. The fourth-order valence-electron chi connectivity index (χ4n) is 1.71. The molecule has 0 radical (unpaired) electrons. The van der Waals surface area contributed by atoms with Crippen LogP contribution in [-0.4, -0.2) is 12.4 Å². The number of ether oxygens (including phenoxy) is 1. The lowest BCUT2D eigenvalue weighted by molar-refractivity contribution is -0.125. The van der Waals surface area contributed by atoms with Crippen molar-refractivity contribution in [1.29, 1.82) is 0 Å². The van der Waals surface area contributed by atoms with Gasteiger partial charge in [0.25, 0.3) is 0 Å². The molecule has 0 heterocycles. The molecule has 15 heavy (non-hydrogen) atoms. The maximum absolute atomic E-state index is 12.1. The maximum atomic E-state index is 12.1. The van der Waals surface area contributed by atoms with Crippen LogP contribution in [0.25, 0.3) is 0 Å². The largest absolute Gasteiger partial charge is 0.435 e. The first-order valence-electron chi connectivity index (χ1n) is 4.75. The lowest BCUT2D eigenvalue weighted by atomic mass is 9.78. The average Bonchev–Trinajstić information content (AvgIpc) is 2.18. The van der Waals surface area contributed by atoms with Gasteiger partial charge in [0.1, 0.15) is 11.5 Å². The molecular formula is C11H10F2O2. The van der Waals surface area contributed by atoms with Gasteiger partial charge < -0.3 is 4.74 Å². The number of ketones is 1. The molecule has 80 valence electrons. The zero-order valence-corrected chi connectivity index (χ0v) is 7.95. The van der Waals surface area contributed by atoms with E-state index in [0.29, 0.717) is 12.0 Å². The lowest BCUT2D eigenvalue weighted by Crippen LogP contribution is -2.24. The Morgan fingerprint density at radius 2 is 2.07 bits per heavy atom. The number of halogens is 2. The van der Waals surface area contributed by atoms with Crippen LogP contribution in [0, 0.1) is 0 Å². The third-order valence-electron chi connectivity index (χ3n) is 2.58. The summed E-state index contributed by atoms with van der Waals surface area (Å²) in [5, 5.41) is 0. The highest BCUT2D eigenvalue weighted by Crippen LogP contribution is 2.38. The van der Waals surface area contributed by atoms with Crippen LogP contribution < -0.4 is 4.74 Å². The van der Waals surface area contributed by atoms with Crippen LogP contribution in [0.4, 0.5) is 8.78 Å². The van der Waals surface area contributed by atoms with Gasteiger partial charge in [0.15, 0.2) is 0 Å². The zero-order chi connectivity index (χ0) is 10.8. The van der Waals surface area contributed by atoms with Gasteiger partial charge in [0.05, 0.1) is 0 Å². The van der Waals surface area contributed by atoms with E-state index in [-0.39, 0.29) is 17.5 Å². The van der Waals surface area contributed by atoms with Gasteiger partial charge >= 0.3 is 6.61 Å². The smallest absolute Gasteiger partial charge is 0.387 e. The third-order valence-corrected chi connectivity index (χ3v) is 2.58. The molecule has 0 amide bonds. The fraction of sp³-hybridized carbons (Fsp3) is 0.364. The summed E-state index contributed by atoms with van der Waals surface area (Å²) in [6, 6.07) is 6.47. The Kier molecular flexibility index (Phi) is 2.66. The summed E-state index contributed by atoms with van der Waals surface area (Å²) in [5.41, 5.74) is 0.578. The summed E-state index contributed by atoms with van der Waals surface area (Å²) in [6.07, 6.45) is 1.26. The molecule has 0 bridgehead atoms. The molecule has 1 aliphatic carbocycles. The Morgan fingerprint density at radius 1 is 1.33 bits per heavy atom. The highest BCUT2D eigenvalue weighted by atomic mass is 19.3. The van der Waals surface area contributed by atoms with Gasteiger partial charge in [-0.25, -0.2) is 0 Å². The number of para-hydroxylation sites is 1. The van der Waals surface area contributed by atoms with Gasteiger partial charge in [-0.2, -0.15) is 8.78 Å². The molecule has 0 saturated heterocycles. The fourth-order valence-corrected chi connectivity index (χ4v) is 1.71. The Bertz CT molecular complexity index is 377. The van der Waals surface area contributed by atoms with Crippen molar-refractivity contribution in [2.24, 2.45) is 0 Å². The number of Topliss-reactive ketones (excluding diaryl/α,β-unsaturated/α-hetero) is 1. The minimum Gasteiger partial charge on any atom is -0.435 e. The number of carbonyl (C=O) groups is 1. The van der Waals surface area contributed by atoms with E-state index in [0.717, 1.165) is 6.42 Å². The van der Waals surface area contributed by atoms with Crippen molar-refractivity contribution in [3.63, 3.8) is 0 Å². The molecule has 4 heteroatoms. The molecule has 2 rings (SSSR count). The quantitative estimate of drug-likeness (QED) is 0.770. The molecule has 1 atom stereocenters. The van der Waals surface area contributed by atoms with E-state index in [2.05, 4.69) is 4.74 Å². The second-order valence-electron chi connectivity index (χ2n) is 3.47. The van der Waals surface area contributed by atoms with Gasteiger partial charge in [-0.3, -0.25) is 4.79 Å². The molecule has 0 aliphatic heterocycles. The van der Waals surface area contributed by atoms with E-state index >= 15 is 0 Å². The van der Waals surface area contributed by atoms with Crippen molar-refractivity contribution >= 4 is 5.78 Å². The van der Waals surface area contributed by atoms with Gasteiger partial charge in [0.2, 0.25) is 0 Å². The lowest BCUT2D eigenvalue weighted by Gasteiger charge is -2.25. The number of benzene rings is 1. The molecule has 1 aromatic carbocycles. The van der Waals surface area contributed by atoms with Crippen LogP contribution in [0.1, 0.15) is 24.3 Å². The van der Waals surface area contributed by atoms with Crippen LogP contribution in [0.5, 0.6) is 5.75 Å². The van der Waals surface area contributed by atoms with Crippen molar-refractivity contribution in [3.8, 4) is 5.75 Å². The minimum atomic E-state index is -2.85. The van der Waals surface area contributed by atoms with Gasteiger partial charge in [-0.15, -0.1) is 0 Å². The Morgan fingerprint density at radius 3 is 2.60 bits per heavy atom. The molecule has 0 spiro atoms. The van der Waals surface area contributed by atoms with E-state index in [9.17, 15) is 13.6 Å². The number of hydrogen-bond donors (Lipinski definition) is 0. The molecule has 0 N–H and O–H groups in total. The second kappa shape index (κ2) is 3.96. The van der Waals surface area contributed by atoms with Gasteiger partial charge in [0, 0.05) is 17.9 Å². The van der Waals surface area contributed by atoms with Crippen LogP contribution in [-0.2, 0) is 4.79 Å². The van der Waals surface area contributed by atoms with Crippen LogP contribution in [0.15, 0.2) is 24.3 Å². The van der Waals surface area contributed by atoms with E-state index < -0.39 is 6.61 Å². The first-order valence-corrected chi connectivity index (χ1v) is 4.75. The topological polar surface area (TPSA) is 26.3 Å². The normalized spacial score (nSPS) is 20.2. The van der Waals surface area contributed by atoms with Crippen LogP contribution >= 0.6 is 0 Å². The zero-order valence-electron chi connectivity index (χ0n) is 7.95. The van der Waals surface area contributed by atoms with E-state index in [1.165, 1.54) is 6.07 Å². The van der Waals surface area contributed by atoms with Crippen molar-refractivity contribution in [3.05, 3.63) is 29.8 Å². The molecule has 1 saturated carbocycles. The number of carbonyl (C=O) groups excluding carboxylic acids is 1. The van der Waals surface area contributed by atoms with Crippen molar-refractivity contribution in [2.75, 3.05) is 0 Å². The summed E-state index contributed by atoms with van der Waals surface area (Å²) in [4.78, 5) is 11.2. The number of rotatable bonds is 3. The molecule has 0 aromatic heterocycles. The number of alkyl halides is 2. The molecule has 1 fully saturated rings. The van der Waals surface area contributed by atoms with Gasteiger partial charge in [-0.1, -0.05) is 18.2 Å². The molecular weight excluding hydrogens is 202 g/mol. The molecule has 2 nitrogen and oxygen atoms in total. The van der Waals surface area contributed by atoms with Crippen molar-refractivity contribution in [2.45, 2.75) is 25.4 Å². The van der Waals surface area contributed by atoms with Crippen LogP contribution in [0.2, 0.25) is 0 Å². The maximum Gasteiger partial charge on any atom is 0.387 e. The molecule has 1 aromatic rings. The monoisotopic (exact) mass is 212 g/mol. The summed E-state index contributed by atoms with van der Waals surface area (Å²) < 4.78 is 28.5. The number of hydrogen-bond acceptors (Lipinski definition) is 2. The summed E-state index contributed by atoms with van der Waals surface area (Å²) in [6.45, 7) is -2.85. The standard InChI is InChI=1S/C11H10F2O2/c12-11(13)15-10-4-2-1-3-8(10)7-5-6-9(7)14/h1-4,7,11H,5-6H2. The van der Waals surface area contributed by atoms with E-state index in [1.807, 2.05) is 0 Å². The SMILES string of the molecule is O=C1CCC1c1ccccc1OC(F)F. The van der Waals surface area contributed by atoms with E-state index in [1.54, 1.807) is 18.2 Å². The third kappa shape index (κ3) is 1.98. The van der Waals surface area contributed by atoms with Crippen molar-refractivity contribution < 1.29 is 18.3 Å². The highest BCUT2D eigenvalue weighted by Gasteiger charge is 2.32. The van der Waals surface area contributed by atoms with Gasteiger partial charge in [-0.05, 0) is 12.5 Å². The Hall–Kier alpha value is -1.45. The summed E-state index contributed by atoms with van der Waals surface area (Å²) >= 11 is 0. The molecule has 1 unspecified atom stereocenters. The van der Waals surface area contributed by atoms with E-state index in [4.69, 9.17) is 0 Å². The van der Waals surface area contributed by atoms with Crippen LogP contribution in [0.3, 0.4) is 0 Å². The Labute approximate surface area is 85.9 Å². The molecule has 1 aliphatic rings. The highest BCUT2D eigenvalue weighted by molar-refractivity contribution is 5.91. The second-order valence-corrected chi connectivity index (χ2v) is 3.47. The first-order chi connectivity index (χ1) is 7.18. The Balaban J connectivity index is 2.25. The first kappa shape index (κ1) is 10.1. The predicted octanol–water partition coefficient (Wildman–Crippen LogP) is 2.73.